The molecule has 0 saturated carbocycles. The van der Waals surface area contributed by atoms with Gasteiger partial charge in [0, 0.05) is 15.1 Å². The summed E-state index contributed by atoms with van der Waals surface area (Å²) in [7, 11) is 3.99. The molecule has 0 aliphatic carbocycles. The third-order valence-corrected chi connectivity index (χ3v) is 4.36. The van der Waals surface area contributed by atoms with Crippen molar-refractivity contribution >= 4 is 40.1 Å². The predicted molar refractivity (Wildman–Crippen MR) is 99.4 cm³/mol. The summed E-state index contributed by atoms with van der Waals surface area (Å²) in [6.07, 6.45) is 0. The summed E-state index contributed by atoms with van der Waals surface area (Å²) >= 11 is 8.08. The second kappa shape index (κ2) is 7.94. The molecule has 0 aliphatic rings. The van der Waals surface area contributed by atoms with Gasteiger partial charge in [0.25, 0.3) is 5.91 Å². The second-order valence-corrected chi connectivity index (χ2v) is 6.92. The Labute approximate surface area is 149 Å². The summed E-state index contributed by atoms with van der Waals surface area (Å²) in [5.41, 5.74) is 1.73. The highest BCUT2D eigenvalue weighted by molar-refractivity contribution is 14.1. The number of benzene rings is 2. The smallest absolute Gasteiger partial charge is 0.252 e. The molecule has 0 bridgehead atoms. The molecule has 22 heavy (non-hydrogen) atoms. The fourth-order valence-corrected chi connectivity index (χ4v) is 3.31. The Morgan fingerprint density at radius 2 is 1.91 bits per heavy atom. The molecule has 1 unspecified atom stereocenters. The van der Waals surface area contributed by atoms with Crippen molar-refractivity contribution in [3.05, 3.63) is 68.3 Å². The van der Waals surface area contributed by atoms with Crippen LogP contribution in [0.1, 0.15) is 22.0 Å². The molecule has 2 aromatic rings. The molecule has 5 heteroatoms. The van der Waals surface area contributed by atoms with Gasteiger partial charge in [-0.1, -0.05) is 41.9 Å². The van der Waals surface area contributed by atoms with E-state index in [2.05, 4.69) is 32.8 Å². The number of nitrogens with zero attached hydrogens (tertiary/aromatic N) is 1. The van der Waals surface area contributed by atoms with E-state index in [0.29, 0.717) is 10.6 Å². The molecule has 0 fully saturated rings. The van der Waals surface area contributed by atoms with Crippen molar-refractivity contribution in [3.8, 4) is 0 Å². The standard InChI is InChI=1S/C17H18ClIN2O/c1-21(2)11-16(12-6-4-3-5-7-12)20-17(22)14-9-8-13(18)10-15(14)19/h3-10,16H,11H2,1-2H3,(H,20,22). The van der Waals surface area contributed by atoms with Crippen LogP contribution in [0, 0.1) is 3.57 Å². The second-order valence-electron chi connectivity index (χ2n) is 5.32. The number of amides is 1. The molecule has 3 nitrogen and oxygen atoms in total. The topological polar surface area (TPSA) is 32.3 Å². The van der Waals surface area contributed by atoms with Crippen molar-refractivity contribution in [3.63, 3.8) is 0 Å². The monoisotopic (exact) mass is 428 g/mol. The summed E-state index contributed by atoms with van der Waals surface area (Å²) in [4.78, 5) is 14.6. The Morgan fingerprint density at radius 3 is 2.50 bits per heavy atom. The van der Waals surface area contributed by atoms with Gasteiger partial charge in [-0.15, -0.1) is 0 Å². The van der Waals surface area contributed by atoms with Crippen LogP contribution in [0.2, 0.25) is 5.02 Å². The lowest BCUT2D eigenvalue weighted by Gasteiger charge is -2.23. The maximum Gasteiger partial charge on any atom is 0.252 e. The Kier molecular flexibility index (Phi) is 6.23. The first kappa shape index (κ1) is 17.2. The van der Waals surface area contributed by atoms with E-state index in [4.69, 9.17) is 11.6 Å². The first-order valence-corrected chi connectivity index (χ1v) is 8.38. The van der Waals surface area contributed by atoms with Crippen molar-refractivity contribution in [1.82, 2.24) is 10.2 Å². The summed E-state index contributed by atoms with van der Waals surface area (Å²) in [5, 5.41) is 3.75. The molecule has 0 heterocycles. The van der Waals surface area contributed by atoms with E-state index in [0.717, 1.165) is 15.7 Å². The highest BCUT2D eigenvalue weighted by Crippen LogP contribution is 2.20. The molecule has 0 spiro atoms. The molecular formula is C17H18ClIN2O. The minimum atomic E-state index is -0.0863. The molecular weight excluding hydrogens is 411 g/mol. The lowest BCUT2D eigenvalue weighted by atomic mass is 10.1. The van der Waals surface area contributed by atoms with E-state index in [1.54, 1.807) is 18.2 Å². The highest BCUT2D eigenvalue weighted by atomic mass is 127. The molecule has 2 aromatic carbocycles. The maximum absolute atomic E-state index is 12.6. The molecule has 0 aliphatic heterocycles. The number of hydrogen-bond acceptors (Lipinski definition) is 2. The number of halogens is 2. The third-order valence-electron chi connectivity index (χ3n) is 3.23. The summed E-state index contributed by atoms with van der Waals surface area (Å²) in [6, 6.07) is 15.2. The fourth-order valence-electron chi connectivity index (χ4n) is 2.19. The number of hydrogen-bond donors (Lipinski definition) is 1. The highest BCUT2D eigenvalue weighted by Gasteiger charge is 2.18. The van der Waals surface area contributed by atoms with Crippen LogP contribution in [0.25, 0.3) is 0 Å². The first-order chi connectivity index (χ1) is 10.5. The molecule has 0 radical (unpaired) electrons. The number of carbonyl (C=O) groups excluding carboxylic acids is 1. The Bertz CT molecular complexity index is 646. The summed E-state index contributed by atoms with van der Waals surface area (Å²) in [6.45, 7) is 0.736. The quantitative estimate of drug-likeness (QED) is 0.731. The minimum Gasteiger partial charge on any atom is -0.344 e. The minimum absolute atomic E-state index is 0.0600. The van der Waals surface area contributed by atoms with Crippen molar-refractivity contribution in [2.24, 2.45) is 0 Å². The Morgan fingerprint density at radius 1 is 1.23 bits per heavy atom. The number of nitrogens with one attached hydrogen (secondary N) is 1. The van der Waals surface area contributed by atoms with Gasteiger partial charge < -0.3 is 10.2 Å². The van der Waals surface area contributed by atoms with Gasteiger partial charge in [-0.25, -0.2) is 0 Å². The van der Waals surface area contributed by atoms with Gasteiger partial charge in [0.1, 0.15) is 0 Å². The van der Waals surface area contributed by atoms with E-state index in [1.165, 1.54) is 0 Å². The van der Waals surface area contributed by atoms with E-state index >= 15 is 0 Å². The maximum atomic E-state index is 12.6. The van der Waals surface area contributed by atoms with E-state index in [9.17, 15) is 4.79 Å². The van der Waals surface area contributed by atoms with Crippen molar-refractivity contribution in [1.29, 1.82) is 0 Å². The lowest BCUT2D eigenvalue weighted by molar-refractivity contribution is 0.0929. The average molecular weight is 429 g/mol. The van der Waals surface area contributed by atoms with Gasteiger partial charge in [0.05, 0.1) is 11.6 Å². The summed E-state index contributed by atoms with van der Waals surface area (Å²) < 4.78 is 0.847. The molecule has 1 N–H and O–H groups in total. The lowest BCUT2D eigenvalue weighted by Crippen LogP contribution is -2.35. The van der Waals surface area contributed by atoms with E-state index in [1.807, 2.05) is 44.4 Å². The molecule has 0 saturated heterocycles. The zero-order chi connectivity index (χ0) is 16.1. The predicted octanol–water partition coefficient (Wildman–Crippen LogP) is 3.98. The average Bonchev–Trinajstić information content (AvgIpc) is 2.46. The van der Waals surface area contributed by atoms with Crippen molar-refractivity contribution in [2.75, 3.05) is 20.6 Å². The van der Waals surface area contributed by atoms with Gasteiger partial charge in [-0.3, -0.25) is 4.79 Å². The van der Waals surface area contributed by atoms with Crippen LogP contribution >= 0.6 is 34.2 Å². The van der Waals surface area contributed by atoms with Gasteiger partial charge >= 0.3 is 0 Å². The first-order valence-electron chi connectivity index (χ1n) is 6.93. The van der Waals surface area contributed by atoms with Crippen LogP contribution < -0.4 is 5.32 Å². The zero-order valence-electron chi connectivity index (χ0n) is 12.5. The van der Waals surface area contributed by atoms with Crippen molar-refractivity contribution < 1.29 is 4.79 Å². The molecule has 2 rings (SSSR count). The number of carbonyl (C=O) groups is 1. The van der Waals surface area contributed by atoms with Crippen LogP contribution in [0.5, 0.6) is 0 Å². The third kappa shape index (κ3) is 4.69. The largest absolute Gasteiger partial charge is 0.344 e. The molecule has 0 aromatic heterocycles. The summed E-state index contributed by atoms with van der Waals surface area (Å²) in [5.74, 6) is -0.0863. The van der Waals surface area contributed by atoms with Crippen LogP contribution in [0.4, 0.5) is 0 Å². The van der Waals surface area contributed by atoms with Crippen molar-refractivity contribution in [2.45, 2.75) is 6.04 Å². The normalized spacial score (nSPS) is 12.2. The van der Waals surface area contributed by atoms with Gasteiger partial charge in [0.2, 0.25) is 0 Å². The SMILES string of the molecule is CN(C)CC(NC(=O)c1ccc(Cl)cc1I)c1ccccc1. The van der Waals surface area contributed by atoms with E-state index < -0.39 is 0 Å². The Balaban J connectivity index is 2.21. The van der Waals surface area contributed by atoms with E-state index in [-0.39, 0.29) is 11.9 Å². The van der Waals surface area contributed by atoms with Crippen LogP contribution in [-0.4, -0.2) is 31.4 Å². The number of rotatable bonds is 5. The van der Waals surface area contributed by atoms with Crippen LogP contribution in [0.15, 0.2) is 48.5 Å². The molecule has 1 amide bonds. The fraction of sp³-hybridized carbons (Fsp3) is 0.235. The Hall–Kier alpha value is -1.11. The van der Waals surface area contributed by atoms with Crippen LogP contribution in [-0.2, 0) is 0 Å². The molecule has 1 atom stereocenters. The number of likely N-dealkylation sites (N-methyl/N-ethyl adjacent to an activating group) is 1. The molecule has 116 valence electrons. The zero-order valence-corrected chi connectivity index (χ0v) is 15.4. The van der Waals surface area contributed by atoms with Gasteiger partial charge in [-0.2, -0.15) is 0 Å². The van der Waals surface area contributed by atoms with Gasteiger partial charge in [0.15, 0.2) is 0 Å². The van der Waals surface area contributed by atoms with Gasteiger partial charge in [-0.05, 0) is 60.4 Å². The van der Waals surface area contributed by atoms with Crippen LogP contribution in [0.3, 0.4) is 0 Å².